The summed E-state index contributed by atoms with van der Waals surface area (Å²) in [7, 11) is 0. The van der Waals surface area contributed by atoms with E-state index >= 15 is 0 Å². The van der Waals surface area contributed by atoms with Gasteiger partial charge in [0.05, 0.1) is 17.0 Å². The number of rotatable bonds is 5. The molecule has 2 rings (SSSR count). The molecule has 0 aromatic carbocycles. The highest BCUT2D eigenvalue weighted by Crippen LogP contribution is 2.14. The van der Waals surface area contributed by atoms with Crippen LogP contribution in [0.4, 0.5) is 0 Å². The van der Waals surface area contributed by atoms with Crippen LogP contribution < -0.4 is 5.32 Å². The number of likely N-dealkylation sites (tertiary alicyclic amines) is 1. The van der Waals surface area contributed by atoms with E-state index in [4.69, 9.17) is 5.11 Å². The molecule has 114 valence electrons. The lowest BCUT2D eigenvalue weighted by atomic mass is 10.2. The highest BCUT2D eigenvalue weighted by molar-refractivity contribution is 7.10. The van der Waals surface area contributed by atoms with E-state index in [1.165, 1.54) is 24.2 Å². The third-order valence-electron chi connectivity index (χ3n) is 3.42. The van der Waals surface area contributed by atoms with Crippen LogP contribution in [-0.2, 0) is 0 Å². The van der Waals surface area contributed by atoms with E-state index in [-0.39, 0.29) is 18.6 Å². The quantitative estimate of drug-likeness (QED) is 0.814. The predicted molar refractivity (Wildman–Crippen MR) is 85.5 cm³/mol. The van der Waals surface area contributed by atoms with Crippen molar-refractivity contribution in [3.05, 3.63) is 21.9 Å². The van der Waals surface area contributed by atoms with Crippen LogP contribution in [0.15, 0.2) is 11.4 Å². The number of nitrogens with one attached hydrogen (secondary N) is 1. The SMILES string of the molecule is CC(CN1CCCC1)NC(=O)c1csc(C#CCCO)c1. The van der Waals surface area contributed by atoms with E-state index in [1.54, 1.807) is 0 Å². The Labute approximate surface area is 130 Å². The van der Waals surface area contributed by atoms with Gasteiger partial charge in [0.2, 0.25) is 0 Å². The number of nitrogens with zero attached hydrogens (tertiary/aromatic N) is 1. The van der Waals surface area contributed by atoms with E-state index < -0.39 is 0 Å². The first-order valence-electron chi connectivity index (χ1n) is 7.40. The van der Waals surface area contributed by atoms with Gasteiger partial charge < -0.3 is 15.3 Å². The molecular formula is C16H22N2O2S. The van der Waals surface area contributed by atoms with Gasteiger partial charge in [-0.25, -0.2) is 0 Å². The zero-order chi connectivity index (χ0) is 15.1. The normalized spacial score (nSPS) is 16.3. The highest BCUT2D eigenvalue weighted by atomic mass is 32.1. The van der Waals surface area contributed by atoms with Crippen molar-refractivity contribution in [2.24, 2.45) is 0 Å². The number of hydrogen-bond acceptors (Lipinski definition) is 4. The Morgan fingerprint density at radius 3 is 3.00 bits per heavy atom. The minimum Gasteiger partial charge on any atom is -0.395 e. The molecule has 1 unspecified atom stereocenters. The van der Waals surface area contributed by atoms with Gasteiger partial charge in [-0.2, -0.15) is 0 Å². The summed E-state index contributed by atoms with van der Waals surface area (Å²) >= 11 is 1.46. The van der Waals surface area contributed by atoms with Gasteiger partial charge in [0.25, 0.3) is 5.91 Å². The summed E-state index contributed by atoms with van der Waals surface area (Å²) in [6.45, 7) is 5.32. The zero-order valence-corrected chi connectivity index (χ0v) is 13.2. The fraction of sp³-hybridized carbons (Fsp3) is 0.562. The molecule has 1 aliphatic heterocycles. The first kappa shape index (κ1) is 16.0. The van der Waals surface area contributed by atoms with Crippen LogP contribution in [0.1, 0.15) is 41.4 Å². The molecule has 1 atom stereocenters. The molecule has 4 nitrogen and oxygen atoms in total. The Kier molecular flexibility index (Phi) is 6.24. The summed E-state index contributed by atoms with van der Waals surface area (Å²) < 4.78 is 0. The molecule has 2 N–H and O–H groups in total. The Hall–Kier alpha value is -1.35. The standard InChI is InChI=1S/C16H22N2O2S/c1-13(11-18-7-3-4-8-18)17-16(20)14-10-15(21-12-14)6-2-5-9-19/h10,12-13,19H,3-5,7-9,11H2,1H3,(H,17,20). The number of thiophene rings is 1. The fourth-order valence-electron chi connectivity index (χ4n) is 2.43. The maximum absolute atomic E-state index is 12.2. The van der Waals surface area contributed by atoms with Crippen LogP contribution in [0.25, 0.3) is 0 Å². The monoisotopic (exact) mass is 306 g/mol. The van der Waals surface area contributed by atoms with Crippen LogP contribution in [0, 0.1) is 11.8 Å². The van der Waals surface area contributed by atoms with Crippen molar-refractivity contribution in [3.63, 3.8) is 0 Å². The largest absolute Gasteiger partial charge is 0.395 e. The average molecular weight is 306 g/mol. The average Bonchev–Trinajstić information content (AvgIpc) is 3.10. The molecule has 1 aliphatic rings. The maximum Gasteiger partial charge on any atom is 0.252 e. The van der Waals surface area contributed by atoms with Crippen molar-refractivity contribution in [2.45, 2.75) is 32.2 Å². The Bertz CT molecular complexity index is 524. The van der Waals surface area contributed by atoms with Gasteiger partial charge in [0.15, 0.2) is 0 Å². The molecular weight excluding hydrogens is 284 g/mol. The number of carbonyl (C=O) groups is 1. The second kappa shape index (κ2) is 8.18. The van der Waals surface area contributed by atoms with Crippen LogP contribution in [0.5, 0.6) is 0 Å². The number of carbonyl (C=O) groups excluding carboxylic acids is 1. The summed E-state index contributed by atoms with van der Waals surface area (Å²) in [5, 5.41) is 13.6. The molecule has 0 aliphatic carbocycles. The molecule has 2 heterocycles. The summed E-state index contributed by atoms with van der Waals surface area (Å²) in [4.78, 5) is 15.4. The second-order valence-corrected chi connectivity index (χ2v) is 6.27. The van der Waals surface area contributed by atoms with Crippen molar-refractivity contribution in [1.29, 1.82) is 0 Å². The van der Waals surface area contributed by atoms with E-state index in [1.807, 2.05) is 18.4 Å². The smallest absolute Gasteiger partial charge is 0.252 e. The van der Waals surface area contributed by atoms with Crippen LogP contribution in [-0.4, -0.2) is 48.2 Å². The van der Waals surface area contributed by atoms with Crippen molar-refractivity contribution in [1.82, 2.24) is 10.2 Å². The molecule has 0 spiro atoms. The molecule has 0 saturated carbocycles. The minimum absolute atomic E-state index is 0.0341. The van der Waals surface area contributed by atoms with Crippen LogP contribution in [0.2, 0.25) is 0 Å². The summed E-state index contributed by atoms with van der Waals surface area (Å²) in [6.07, 6.45) is 2.99. The first-order chi connectivity index (χ1) is 10.2. The number of amides is 1. The Balaban J connectivity index is 1.83. The first-order valence-corrected chi connectivity index (χ1v) is 8.28. The van der Waals surface area contributed by atoms with Crippen molar-refractivity contribution in [2.75, 3.05) is 26.2 Å². The summed E-state index contributed by atoms with van der Waals surface area (Å²) in [5.41, 5.74) is 0.668. The molecule has 1 saturated heterocycles. The molecule has 1 aromatic heterocycles. The number of hydrogen-bond donors (Lipinski definition) is 2. The van der Waals surface area contributed by atoms with E-state index in [9.17, 15) is 4.79 Å². The second-order valence-electron chi connectivity index (χ2n) is 5.36. The molecule has 1 amide bonds. The van der Waals surface area contributed by atoms with Crippen molar-refractivity contribution < 1.29 is 9.90 Å². The maximum atomic E-state index is 12.2. The molecule has 0 radical (unpaired) electrons. The minimum atomic E-state index is -0.0341. The topological polar surface area (TPSA) is 52.6 Å². The lowest BCUT2D eigenvalue weighted by molar-refractivity contribution is 0.0932. The van der Waals surface area contributed by atoms with E-state index in [0.717, 1.165) is 24.5 Å². The fourth-order valence-corrected chi connectivity index (χ4v) is 3.19. The Morgan fingerprint density at radius 2 is 2.29 bits per heavy atom. The van der Waals surface area contributed by atoms with Crippen LogP contribution >= 0.6 is 11.3 Å². The molecule has 1 fully saturated rings. The molecule has 0 bridgehead atoms. The number of aliphatic hydroxyl groups excluding tert-OH is 1. The lowest BCUT2D eigenvalue weighted by Crippen LogP contribution is -2.40. The third-order valence-corrected chi connectivity index (χ3v) is 4.26. The molecule has 5 heteroatoms. The Morgan fingerprint density at radius 1 is 1.52 bits per heavy atom. The van der Waals surface area contributed by atoms with Gasteiger partial charge >= 0.3 is 0 Å². The van der Waals surface area contributed by atoms with Gasteiger partial charge in [-0.1, -0.05) is 11.8 Å². The molecule has 1 aromatic rings. The van der Waals surface area contributed by atoms with Crippen molar-refractivity contribution in [3.8, 4) is 11.8 Å². The van der Waals surface area contributed by atoms with Gasteiger partial charge in [-0.15, -0.1) is 11.3 Å². The highest BCUT2D eigenvalue weighted by Gasteiger charge is 2.17. The van der Waals surface area contributed by atoms with Crippen LogP contribution in [0.3, 0.4) is 0 Å². The lowest BCUT2D eigenvalue weighted by Gasteiger charge is -2.20. The summed E-state index contributed by atoms with van der Waals surface area (Å²) in [6, 6.07) is 1.96. The van der Waals surface area contributed by atoms with E-state index in [2.05, 4.69) is 22.1 Å². The van der Waals surface area contributed by atoms with Crippen molar-refractivity contribution >= 4 is 17.2 Å². The predicted octanol–water partition coefficient (Wildman–Crippen LogP) is 1.70. The third kappa shape index (κ3) is 5.16. The van der Waals surface area contributed by atoms with E-state index in [0.29, 0.717) is 12.0 Å². The molecule has 21 heavy (non-hydrogen) atoms. The van der Waals surface area contributed by atoms with Gasteiger partial charge in [0, 0.05) is 24.4 Å². The van der Waals surface area contributed by atoms with Gasteiger partial charge in [-0.05, 0) is 38.9 Å². The van der Waals surface area contributed by atoms with Gasteiger partial charge in [0.1, 0.15) is 0 Å². The zero-order valence-electron chi connectivity index (χ0n) is 12.4. The summed E-state index contributed by atoms with van der Waals surface area (Å²) in [5.74, 6) is 5.78. The number of aliphatic hydroxyl groups is 1. The van der Waals surface area contributed by atoms with Gasteiger partial charge in [-0.3, -0.25) is 4.79 Å².